The topological polar surface area (TPSA) is 104 Å². The molecule has 8 heteroatoms. The van der Waals surface area contributed by atoms with Crippen LogP contribution in [0.5, 0.6) is 0 Å². The van der Waals surface area contributed by atoms with Crippen molar-refractivity contribution < 1.29 is 23.1 Å². The number of nitrogens with one attached hydrogen (secondary N) is 1. The SMILES string of the molecule is CC1CCCCN1S(=O)(=O)c1ccc(C(=O)NCC(=O)O)cc1. The largest absolute Gasteiger partial charge is 0.480 e. The highest BCUT2D eigenvalue weighted by atomic mass is 32.2. The molecule has 7 nitrogen and oxygen atoms in total. The Bertz CT molecular complexity index is 684. The molecule has 2 rings (SSSR count). The number of nitrogens with zero attached hydrogens (tertiary/aromatic N) is 1. The molecule has 2 N–H and O–H groups in total. The quantitative estimate of drug-likeness (QED) is 0.834. The van der Waals surface area contributed by atoms with Gasteiger partial charge in [0.15, 0.2) is 0 Å². The number of piperidine rings is 1. The third-order valence-electron chi connectivity index (χ3n) is 3.87. The van der Waals surface area contributed by atoms with E-state index in [1.165, 1.54) is 28.6 Å². The standard InChI is InChI=1S/C15H20N2O5S/c1-11-4-2-3-9-17(11)23(21,22)13-7-5-12(6-8-13)15(20)16-10-14(18)19/h5-8,11H,2-4,9-10H2,1H3,(H,16,20)(H,18,19). The first-order chi connectivity index (χ1) is 10.8. The van der Waals surface area contributed by atoms with Gasteiger partial charge in [0.25, 0.3) is 5.91 Å². The molecule has 1 aromatic rings. The third kappa shape index (κ3) is 4.08. The van der Waals surface area contributed by atoms with E-state index in [0.717, 1.165) is 19.3 Å². The van der Waals surface area contributed by atoms with Crippen molar-refractivity contribution in [2.45, 2.75) is 37.1 Å². The molecule has 0 radical (unpaired) electrons. The van der Waals surface area contributed by atoms with Crippen LogP contribution in [0, 0.1) is 0 Å². The summed E-state index contributed by atoms with van der Waals surface area (Å²) >= 11 is 0. The first kappa shape index (κ1) is 17.4. The van der Waals surface area contributed by atoms with Crippen LogP contribution >= 0.6 is 0 Å². The molecule has 0 aromatic heterocycles. The van der Waals surface area contributed by atoms with Crippen molar-refractivity contribution in [1.82, 2.24) is 9.62 Å². The predicted molar refractivity (Wildman–Crippen MR) is 83.6 cm³/mol. The number of benzene rings is 1. The summed E-state index contributed by atoms with van der Waals surface area (Å²) in [5.74, 6) is -1.70. The summed E-state index contributed by atoms with van der Waals surface area (Å²) in [6.45, 7) is 1.92. The van der Waals surface area contributed by atoms with Gasteiger partial charge >= 0.3 is 5.97 Å². The lowest BCUT2D eigenvalue weighted by atomic mass is 10.1. The second-order valence-corrected chi connectivity index (χ2v) is 7.45. The Balaban J connectivity index is 2.15. The highest BCUT2D eigenvalue weighted by Crippen LogP contribution is 2.25. The number of carboxylic acids is 1. The molecule has 1 saturated heterocycles. The highest BCUT2D eigenvalue weighted by molar-refractivity contribution is 7.89. The van der Waals surface area contributed by atoms with Crippen molar-refractivity contribution in [1.29, 1.82) is 0 Å². The van der Waals surface area contributed by atoms with E-state index in [4.69, 9.17) is 5.11 Å². The Morgan fingerprint density at radius 2 is 1.91 bits per heavy atom. The number of aliphatic carboxylic acids is 1. The summed E-state index contributed by atoms with van der Waals surface area (Å²) in [5.41, 5.74) is 0.219. The van der Waals surface area contributed by atoms with Crippen molar-refractivity contribution >= 4 is 21.9 Å². The fraction of sp³-hybridized carbons (Fsp3) is 0.467. The molecule has 126 valence electrons. The maximum atomic E-state index is 12.6. The van der Waals surface area contributed by atoms with Crippen molar-refractivity contribution in [2.24, 2.45) is 0 Å². The number of carboxylic acid groups (broad SMARTS) is 1. The first-order valence-electron chi connectivity index (χ1n) is 7.44. The summed E-state index contributed by atoms with van der Waals surface area (Å²) in [6, 6.07) is 5.50. The zero-order chi connectivity index (χ0) is 17.0. The second kappa shape index (κ2) is 7.10. The number of amides is 1. The minimum atomic E-state index is -3.57. The minimum Gasteiger partial charge on any atom is -0.480 e. The van der Waals surface area contributed by atoms with Gasteiger partial charge in [-0.15, -0.1) is 0 Å². The van der Waals surface area contributed by atoms with Crippen molar-refractivity contribution in [3.05, 3.63) is 29.8 Å². The van der Waals surface area contributed by atoms with Crippen LogP contribution in [0.2, 0.25) is 0 Å². The normalized spacial score (nSPS) is 19.3. The number of hydrogen-bond acceptors (Lipinski definition) is 4. The van der Waals surface area contributed by atoms with Gasteiger partial charge in [-0.3, -0.25) is 9.59 Å². The Kier molecular flexibility index (Phi) is 5.38. The maximum absolute atomic E-state index is 12.6. The molecular formula is C15H20N2O5S. The highest BCUT2D eigenvalue weighted by Gasteiger charge is 2.30. The summed E-state index contributed by atoms with van der Waals surface area (Å²) in [6.07, 6.45) is 2.71. The van der Waals surface area contributed by atoms with Gasteiger partial charge in [0.05, 0.1) is 4.90 Å². The van der Waals surface area contributed by atoms with E-state index in [0.29, 0.717) is 6.54 Å². The number of hydrogen-bond donors (Lipinski definition) is 2. The van der Waals surface area contributed by atoms with E-state index in [2.05, 4.69) is 5.32 Å². The average molecular weight is 340 g/mol. The summed E-state index contributed by atoms with van der Waals surface area (Å²) < 4.78 is 26.8. The smallest absolute Gasteiger partial charge is 0.322 e. The van der Waals surface area contributed by atoms with Crippen molar-refractivity contribution in [3.8, 4) is 0 Å². The zero-order valence-electron chi connectivity index (χ0n) is 12.9. The molecule has 1 heterocycles. The predicted octanol–water partition coefficient (Wildman–Crippen LogP) is 1.06. The lowest BCUT2D eigenvalue weighted by Gasteiger charge is -2.32. The van der Waals surface area contributed by atoms with Gasteiger partial charge in [-0.25, -0.2) is 8.42 Å². The van der Waals surface area contributed by atoms with Crippen LogP contribution in [0.15, 0.2) is 29.2 Å². The Labute approximate surface area is 135 Å². The van der Waals surface area contributed by atoms with Crippen LogP contribution in [0.25, 0.3) is 0 Å². The van der Waals surface area contributed by atoms with E-state index >= 15 is 0 Å². The molecule has 1 atom stereocenters. The second-order valence-electron chi connectivity index (χ2n) is 5.56. The number of carbonyl (C=O) groups is 2. The maximum Gasteiger partial charge on any atom is 0.322 e. The van der Waals surface area contributed by atoms with Crippen LogP contribution in [-0.4, -0.2) is 48.8 Å². The van der Waals surface area contributed by atoms with Gasteiger partial charge < -0.3 is 10.4 Å². The van der Waals surface area contributed by atoms with Gasteiger partial charge in [-0.2, -0.15) is 4.31 Å². The van der Waals surface area contributed by atoms with Crippen molar-refractivity contribution in [3.63, 3.8) is 0 Å². The van der Waals surface area contributed by atoms with Crippen LogP contribution in [0.3, 0.4) is 0 Å². The molecular weight excluding hydrogens is 320 g/mol. The zero-order valence-corrected chi connectivity index (χ0v) is 13.7. The summed E-state index contributed by atoms with van der Waals surface area (Å²) in [4.78, 5) is 22.3. The Morgan fingerprint density at radius 3 is 2.48 bits per heavy atom. The molecule has 1 aliphatic heterocycles. The minimum absolute atomic E-state index is 0.0349. The van der Waals surface area contributed by atoms with E-state index < -0.39 is 28.4 Å². The van der Waals surface area contributed by atoms with Crippen LogP contribution in [-0.2, 0) is 14.8 Å². The molecule has 0 bridgehead atoms. The molecule has 0 spiro atoms. The molecule has 0 saturated carbocycles. The monoisotopic (exact) mass is 340 g/mol. The molecule has 1 amide bonds. The summed E-state index contributed by atoms with van der Waals surface area (Å²) in [7, 11) is -3.57. The molecule has 1 fully saturated rings. The van der Waals surface area contributed by atoms with E-state index in [-0.39, 0.29) is 16.5 Å². The summed E-state index contributed by atoms with van der Waals surface area (Å²) in [5, 5.41) is 10.8. The van der Waals surface area contributed by atoms with Gasteiger partial charge in [0, 0.05) is 18.2 Å². The first-order valence-corrected chi connectivity index (χ1v) is 8.88. The van der Waals surface area contributed by atoms with E-state index in [9.17, 15) is 18.0 Å². The third-order valence-corrected chi connectivity index (χ3v) is 5.89. The van der Waals surface area contributed by atoms with Gasteiger partial charge in [-0.1, -0.05) is 6.42 Å². The van der Waals surface area contributed by atoms with Gasteiger partial charge in [-0.05, 0) is 44.0 Å². The lowest BCUT2D eigenvalue weighted by Crippen LogP contribution is -2.41. The number of sulfonamides is 1. The van der Waals surface area contributed by atoms with E-state index in [1.54, 1.807) is 0 Å². The molecule has 1 aromatic carbocycles. The molecule has 23 heavy (non-hydrogen) atoms. The molecule has 1 aliphatic rings. The number of carbonyl (C=O) groups excluding carboxylic acids is 1. The van der Waals surface area contributed by atoms with Gasteiger partial charge in [0.2, 0.25) is 10.0 Å². The fourth-order valence-electron chi connectivity index (χ4n) is 2.60. The molecule has 1 unspecified atom stereocenters. The van der Waals surface area contributed by atoms with Gasteiger partial charge in [0.1, 0.15) is 6.54 Å². The van der Waals surface area contributed by atoms with Crippen LogP contribution in [0.4, 0.5) is 0 Å². The number of rotatable bonds is 5. The van der Waals surface area contributed by atoms with Crippen molar-refractivity contribution in [2.75, 3.05) is 13.1 Å². The fourth-order valence-corrected chi connectivity index (χ4v) is 4.30. The lowest BCUT2D eigenvalue weighted by molar-refractivity contribution is -0.135. The molecule has 0 aliphatic carbocycles. The average Bonchev–Trinajstić information content (AvgIpc) is 2.53. The Hall–Kier alpha value is -1.93. The van der Waals surface area contributed by atoms with Crippen LogP contribution < -0.4 is 5.32 Å². The van der Waals surface area contributed by atoms with Crippen LogP contribution in [0.1, 0.15) is 36.5 Å². The Morgan fingerprint density at radius 1 is 1.26 bits per heavy atom. The van der Waals surface area contributed by atoms with E-state index in [1.807, 2.05) is 6.92 Å².